The molecule has 0 aliphatic heterocycles. The molecule has 4 nitrogen and oxygen atoms in total. The molecule has 0 aliphatic carbocycles. The normalized spacial score (nSPS) is 12.6. The van der Waals surface area contributed by atoms with E-state index < -0.39 is 10.8 Å². The largest absolute Gasteiger partial charge is 0.430 e. The van der Waals surface area contributed by atoms with E-state index in [0.717, 1.165) is 5.56 Å². The molecule has 0 spiro atoms. The van der Waals surface area contributed by atoms with Gasteiger partial charge in [0.05, 0.1) is 5.75 Å². The Labute approximate surface area is 112 Å². The monoisotopic (exact) mass is 272 g/mol. The van der Waals surface area contributed by atoms with E-state index in [1.807, 2.05) is 30.3 Å². The third kappa shape index (κ3) is 2.51. The lowest BCUT2D eigenvalue weighted by Gasteiger charge is -1.97. The van der Waals surface area contributed by atoms with Crippen molar-refractivity contribution in [2.24, 2.45) is 0 Å². The second kappa shape index (κ2) is 4.85. The van der Waals surface area contributed by atoms with Crippen molar-refractivity contribution in [1.82, 2.24) is 4.98 Å². The van der Waals surface area contributed by atoms with Gasteiger partial charge in [-0.05, 0) is 23.8 Å². The smallest absolute Gasteiger partial charge is 0.288 e. The first-order chi connectivity index (χ1) is 9.22. The first kappa shape index (κ1) is 11.9. The van der Waals surface area contributed by atoms with Crippen LogP contribution in [-0.2, 0) is 16.6 Å². The van der Waals surface area contributed by atoms with E-state index >= 15 is 0 Å². The van der Waals surface area contributed by atoms with E-state index in [4.69, 9.17) is 10.2 Å². The number of oxazole rings is 1. The second-order valence-corrected chi connectivity index (χ2v) is 5.51. The van der Waals surface area contributed by atoms with Gasteiger partial charge in [-0.2, -0.15) is 0 Å². The summed E-state index contributed by atoms with van der Waals surface area (Å²) in [4.78, 5) is 4.22. The average molecular weight is 272 g/mol. The van der Waals surface area contributed by atoms with Gasteiger partial charge in [-0.25, -0.2) is 9.19 Å². The molecule has 1 aromatic heterocycles. The van der Waals surface area contributed by atoms with Crippen LogP contribution in [0.1, 0.15) is 5.56 Å². The number of fused-ring (bicyclic) bond motifs is 1. The van der Waals surface area contributed by atoms with Crippen molar-refractivity contribution in [3.63, 3.8) is 0 Å². The highest BCUT2D eigenvalue weighted by Gasteiger charge is 2.13. The maximum atomic E-state index is 12.2. The summed E-state index contributed by atoms with van der Waals surface area (Å²) in [6.45, 7) is 0. The van der Waals surface area contributed by atoms with Crippen molar-refractivity contribution in [1.29, 1.82) is 0 Å². The van der Waals surface area contributed by atoms with Crippen molar-refractivity contribution in [3.8, 4) is 0 Å². The Morgan fingerprint density at radius 3 is 2.74 bits per heavy atom. The number of anilines is 1. The number of nitrogens with two attached hydrogens (primary N) is 1. The molecule has 3 aromatic rings. The van der Waals surface area contributed by atoms with Gasteiger partial charge in [0.25, 0.3) is 5.22 Å². The first-order valence-electron chi connectivity index (χ1n) is 5.81. The Hall–Kier alpha value is -2.14. The minimum absolute atomic E-state index is 0.240. The number of hydrogen-bond acceptors (Lipinski definition) is 4. The Morgan fingerprint density at radius 1 is 1.16 bits per heavy atom. The van der Waals surface area contributed by atoms with E-state index in [-0.39, 0.29) is 5.22 Å². The highest BCUT2D eigenvalue weighted by molar-refractivity contribution is 7.84. The average Bonchev–Trinajstić information content (AvgIpc) is 2.83. The zero-order chi connectivity index (χ0) is 13.2. The molecule has 19 heavy (non-hydrogen) atoms. The van der Waals surface area contributed by atoms with Crippen molar-refractivity contribution in [2.45, 2.75) is 11.0 Å². The van der Waals surface area contributed by atoms with Crippen LogP contribution in [0.25, 0.3) is 11.1 Å². The van der Waals surface area contributed by atoms with Gasteiger partial charge in [-0.15, -0.1) is 0 Å². The molecule has 3 rings (SSSR count). The molecule has 0 bridgehead atoms. The molecule has 96 valence electrons. The summed E-state index contributed by atoms with van der Waals surface area (Å²) in [6, 6.07) is 14.8. The van der Waals surface area contributed by atoms with Crippen molar-refractivity contribution >= 4 is 27.6 Å². The number of hydrogen-bond donors (Lipinski definition) is 1. The number of nitrogens with zero attached hydrogens (tertiary/aromatic N) is 1. The fraction of sp³-hybridized carbons (Fsp3) is 0.0714. The molecule has 0 saturated carbocycles. The van der Waals surface area contributed by atoms with Crippen molar-refractivity contribution in [3.05, 3.63) is 54.1 Å². The van der Waals surface area contributed by atoms with Crippen LogP contribution in [0.2, 0.25) is 0 Å². The van der Waals surface area contributed by atoms with Crippen LogP contribution >= 0.6 is 0 Å². The van der Waals surface area contributed by atoms with Crippen LogP contribution in [0.4, 0.5) is 5.69 Å². The fourth-order valence-electron chi connectivity index (χ4n) is 1.81. The summed E-state index contributed by atoms with van der Waals surface area (Å²) < 4.78 is 17.7. The molecule has 1 unspecified atom stereocenters. The van der Waals surface area contributed by atoms with Gasteiger partial charge >= 0.3 is 0 Å². The van der Waals surface area contributed by atoms with Crippen LogP contribution in [0.3, 0.4) is 0 Å². The summed E-state index contributed by atoms with van der Waals surface area (Å²) in [5.41, 5.74) is 8.51. The molecule has 0 radical (unpaired) electrons. The van der Waals surface area contributed by atoms with Gasteiger partial charge in [0.1, 0.15) is 16.3 Å². The summed E-state index contributed by atoms with van der Waals surface area (Å²) in [7, 11) is -1.29. The number of nitrogen functional groups attached to an aromatic ring is 1. The topological polar surface area (TPSA) is 69.1 Å². The van der Waals surface area contributed by atoms with Crippen LogP contribution in [0.15, 0.2) is 58.2 Å². The van der Waals surface area contributed by atoms with Gasteiger partial charge in [0, 0.05) is 5.69 Å². The molecule has 0 amide bonds. The molecule has 0 aliphatic rings. The summed E-state index contributed by atoms with van der Waals surface area (Å²) in [5, 5.41) is 0.240. The van der Waals surface area contributed by atoms with Gasteiger partial charge in [0.2, 0.25) is 0 Å². The minimum atomic E-state index is -1.29. The van der Waals surface area contributed by atoms with Gasteiger partial charge in [0.15, 0.2) is 5.58 Å². The quantitative estimate of drug-likeness (QED) is 0.744. The van der Waals surface area contributed by atoms with Gasteiger partial charge < -0.3 is 10.2 Å². The van der Waals surface area contributed by atoms with E-state index in [2.05, 4.69) is 4.98 Å². The number of rotatable bonds is 3. The van der Waals surface area contributed by atoms with Crippen LogP contribution in [-0.4, -0.2) is 9.19 Å². The zero-order valence-corrected chi connectivity index (χ0v) is 10.9. The van der Waals surface area contributed by atoms with E-state index in [0.29, 0.717) is 22.5 Å². The van der Waals surface area contributed by atoms with Gasteiger partial charge in [-0.1, -0.05) is 30.3 Å². The van der Waals surface area contributed by atoms with Crippen molar-refractivity contribution in [2.75, 3.05) is 5.73 Å². The first-order valence-corrected chi connectivity index (χ1v) is 7.12. The Morgan fingerprint density at radius 2 is 1.95 bits per heavy atom. The van der Waals surface area contributed by atoms with E-state index in [1.165, 1.54) is 0 Å². The fourth-order valence-corrected chi connectivity index (χ4v) is 2.81. The molecule has 0 saturated heterocycles. The predicted molar refractivity (Wildman–Crippen MR) is 75.0 cm³/mol. The predicted octanol–water partition coefficient (Wildman–Crippen LogP) is 2.72. The molecule has 1 atom stereocenters. The van der Waals surface area contributed by atoms with Crippen LogP contribution in [0, 0.1) is 0 Å². The third-order valence-corrected chi connectivity index (χ3v) is 3.89. The highest BCUT2D eigenvalue weighted by atomic mass is 32.2. The number of aromatic nitrogens is 1. The minimum Gasteiger partial charge on any atom is -0.430 e. The third-order valence-electron chi connectivity index (χ3n) is 2.73. The SMILES string of the molecule is Nc1ccc2oc(S(=O)Cc3ccccc3)nc2c1. The molecule has 5 heteroatoms. The molecule has 0 fully saturated rings. The van der Waals surface area contributed by atoms with Crippen LogP contribution in [0.5, 0.6) is 0 Å². The second-order valence-electron chi connectivity index (χ2n) is 4.18. The molecular weight excluding hydrogens is 260 g/mol. The molecular formula is C14H12N2O2S. The summed E-state index contributed by atoms with van der Waals surface area (Å²) in [5.74, 6) is 0.392. The lowest BCUT2D eigenvalue weighted by atomic mass is 10.2. The van der Waals surface area contributed by atoms with E-state index in [9.17, 15) is 4.21 Å². The molecule has 1 heterocycles. The van der Waals surface area contributed by atoms with Gasteiger partial charge in [-0.3, -0.25) is 0 Å². The Kier molecular flexibility index (Phi) is 3.05. The standard InChI is InChI=1S/C14H12N2O2S/c15-11-6-7-13-12(8-11)16-14(18-13)19(17)9-10-4-2-1-3-5-10/h1-8H,9,15H2. The lowest BCUT2D eigenvalue weighted by Crippen LogP contribution is -1.96. The molecule has 2 N–H and O–H groups in total. The van der Waals surface area contributed by atoms with E-state index in [1.54, 1.807) is 18.2 Å². The highest BCUT2D eigenvalue weighted by Crippen LogP contribution is 2.21. The molecule has 2 aromatic carbocycles. The zero-order valence-electron chi connectivity index (χ0n) is 10.1. The summed E-state index contributed by atoms with van der Waals surface area (Å²) in [6.07, 6.45) is 0. The van der Waals surface area contributed by atoms with Crippen molar-refractivity contribution < 1.29 is 8.63 Å². The lowest BCUT2D eigenvalue weighted by molar-refractivity contribution is 0.477. The summed E-state index contributed by atoms with van der Waals surface area (Å²) >= 11 is 0. The number of benzene rings is 2. The Bertz CT molecular complexity index is 738. The van der Waals surface area contributed by atoms with Crippen LogP contribution < -0.4 is 5.73 Å². The maximum Gasteiger partial charge on any atom is 0.288 e. The Balaban J connectivity index is 1.89. The maximum absolute atomic E-state index is 12.2.